The van der Waals surface area contributed by atoms with Crippen LogP contribution >= 0.6 is 0 Å². The van der Waals surface area contributed by atoms with Gasteiger partial charge in [-0.15, -0.1) is 0 Å². The van der Waals surface area contributed by atoms with Crippen LogP contribution in [0.5, 0.6) is 0 Å². The molecule has 1 aromatic carbocycles. The first-order valence-electron chi connectivity index (χ1n) is 9.44. The van der Waals surface area contributed by atoms with Gasteiger partial charge in [0.25, 0.3) is 11.6 Å². The van der Waals surface area contributed by atoms with E-state index in [1.165, 1.54) is 12.1 Å². The molecule has 2 rings (SSSR count). The van der Waals surface area contributed by atoms with Gasteiger partial charge < -0.3 is 15.4 Å². The summed E-state index contributed by atoms with van der Waals surface area (Å²) in [6.45, 7) is 6.75. The zero-order valence-corrected chi connectivity index (χ0v) is 16.7. The van der Waals surface area contributed by atoms with Crippen molar-refractivity contribution in [3.8, 4) is 0 Å². The van der Waals surface area contributed by atoms with Gasteiger partial charge in [-0.1, -0.05) is 20.8 Å². The van der Waals surface area contributed by atoms with E-state index in [-0.39, 0.29) is 11.3 Å². The highest BCUT2D eigenvalue weighted by molar-refractivity contribution is 5.98. The van der Waals surface area contributed by atoms with Crippen LogP contribution in [0, 0.1) is 22.0 Å². The minimum absolute atomic E-state index is 0.0527. The highest BCUT2D eigenvalue weighted by atomic mass is 16.6. The SMILES string of the molecule is CC(C)[C@H](OC(=O)c1ccc(N2CCC[C@H](C)C2)c([N+](=O)[O-])c1)C(=O)NC(N)=O. The van der Waals surface area contributed by atoms with Crippen molar-refractivity contribution in [2.75, 3.05) is 18.0 Å². The molecular weight excluding hydrogens is 380 g/mol. The summed E-state index contributed by atoms with van der Waals surface area (Å²) < 4.78 is 5.20. The highest BCUT2D eigenvalue weighted by Crippen LogP contribution is 2.32. The number of piperidine rings is 1. The number of ether oxygens (including phenoxy) is 1. The Morgan fingerprint density at radius 3 is 2.59 bits per heavy atom. The number of nitrogens with two attached hydrogens (primary N) is 1. The first-order valence-corrected chi connectivity index (χ1v) is 9.44. The number of urea groups is 1. The fraction of sp³-hybridized carbons (Fsp3) is 0.526. The van der Waals surface area contributed by atoms with E-state index < -0.39 is 34.9 Å². The fourth-order valence-corrected chi connectivity index (χ4v) is 3.34. The topological polar surface area (TPSA) is 145 Å². The van der Waals surface area contributed by atoms with Gasteiger partial charge in [-0.25, -0.2) is 9.59 Å². The Morgan fingerprint density at radius 2 is 2.03 bits per heavy atom. The summed E-state index contributed by atoms with van der Waals surface area (Å²) in [5.74, 6) is -1.77. The van der Waals surface area contributed by atoms with Gasteiger partial charge in [-0.2, -0.15) is 0 Å². The molecule has 0 bridgehead atoms. The molecular formula is C19H26N4O6. The van der Waals surface area contributed by atoms with Crippen LogP contribution < -0.4 is 16.0 Å². The highest BCUT2D eigenvalue weighted by Gasteiger charge is 2.30. The van der Waals surface area contributed by atoms with Gasteiger partial charge in [0.1, 0.15) is 5.69 Å². The number of hydrogen-bond acceptors (Lipinski definition) is 7. The minimum atomic E-state index is -1.27. The first-order chi connectivity index (χ1) is 13.6. The number of primary amides is 1. The molecule has 3 amide bonds. The summed E-state index contributed by atoms with van der Waals surface area (Å²) in [6, 6.07) is 3.06. The number of hydrogen-bond donors (Lipinski definition) is 2. The van der Waals surface area contributed by atoms with E-state index in [0.717, 1.165) is 18.9 Å². The number of imide groups is 1. The zero-order valence-electron chi connectivity index (χ0n) is 16.7. The lowest BCUT2D eigenvalue weighted by atomic mass is 9.99. The number of nitrogens with one attached hydrogen (secondary N) is 1. The summed E-state index contributed by atoms with van der Waals surface area (Å²) >= 11 is 0. The van der Waals surface area contributed by atoms with Gasteiger partial charge in [0.15, 0.2) is 6.10 Å². The Bertz CT molecular complexity index is 810. The van der Waals surface area contributed by atoms with Crippen LogP contribution in [0.2, 0.25) is 0 Å². The normalized spacial score (nSPS) is 17.5. The van der Waals surface area contributed by atoms with E-state index in [0.29, 0.717) is 24.7 Å². The molecule has 0 spiro atoms. The number of anilines is 1. The van der Waals surface area contributed by atoms with Crippen LogP contribution in [0.15, 0.2) is 18.2 Å². The van der Waals surface area contributed by atoms with Gasteiger partial charge in [-0.05, 0) is 36.8 Å². The molecule has 0 unspecified atom stereocenters. The number of esters is 1. The molecule has 0 aromatic heterocycles. The number of amides is 3. The second kappa shape index (κ2) is 9.35. The van der Waals surface area contributed by atoms with Gasteiger partial charge in [-0.3, -0.25) is 20.2 Å². The molecule has 1 aliphatic heterocycles. The number of benzene rings is 1. The Kier molecular flexibility index (Phi) is 7.13. The second-order valence-corrected chi connectivity index (χ2v) is 7.58. The number of nitrogens with zero attached hydrogens (tertiary/aromatic N) is 2. The molecule has 1 heterocycles. The molecule has 29 heavy (non-hydrogen) atoms. The average Bonchev–Trinajstić information content (AvgIpc) is 2.64. The Hall–Kier alpha value is -3.17. The molecule has 0 aliphatic carbocycles. The monoisotopic (exact) mass is 406 g/mol. The van der Waals surface area contributed by atoms with E-state index in [2.05, 4.69) is 6.92 Å². The smallest absolute Gasteiger partial charge is 0.339 e. The van der Waals surface area contributed by atoms with Crippen molar-refractivity contribution in [2.24, 2.45) is 17.6 Å². The van der Waals surface area contributed by atoms with Crippen molar-refractivity contribution in [2.45, 2.75) is 39.7 Å². The van der Waals surface area contributed by atoms with Crippen LogP contribution in [-0.2, 0) is 9.53 Å². The number of carbonyl (C=O) groups excluding carboxylic acids is 3. The van der Waals surface area contributed by atoms with Crippen molar-refractivity contribution in [3.05, 3.63) is 33.9 Å². The molecule has 2 atom stereocenters. The summed E-state index contributed by atoms with van der Waals surface area (Å²) in [6.07, 6.45) is 0.739. The summed E-state index contributed by atoms with van der Waals surface area (Å²) in [5, 5.41) is 13.5. The lowest BCUT2D eigenvalue weighted by molar-refractivity contribution is -0.384. The lowest BCUT2D eigenvalue weighted by Crippen LogP contribution is -2.45. The van der Waals surface area contributed by atoms with Crippen LogP contribution in [-0.4, -0.2) is 42.0 Å². The van der Waals surface area contributed by atoms with E-state index in [1.54, 1.807) is 13.8 Å². The second-order valence-electron chi connectivity index (χ2n) is 7.58. The van der Waals surface area contributed by atoms with E-state index in [9.17, 15) is 24.5 Å². The fourth-order valence-electron chi connectivity index (χ4n) is 3.34. The maximum Gasteiger partial charge on any atom is 0.339 e. The molecule has 1 saturated heterocycles. The quantitative estimate of drug-likeness (QED) is 0.418. The van der Waals surface area contributed by atoms with E-state index in [4.69, 9.17) is 10.5 Å². The Labute approximate surface area is 168 Å². The lowest BCUT2D eigenvalue weighted by Gasteiger charge is -2.32. The molecule has 0 radical (unpaired) electrons. The number of carbonyl (C=O) groups is 3. The van der Waals surface area contributed by atoms with Crippen molar-refractivity contribution in [1.82, 2.24) is 5.32 Å². The van der Waals surface area contributed by atoms with E-state index >= 15 is 0 Å². The van der Waals surface area contributed by atoms with Crippen LogP contribution in [0.4, 0.5) is 16.2 Å². The third-order valence-electron chi connectivity index (χ3n) is 4.75. The van der Waals surface area contributed by atoms with E-state index in [1.807, 2.05) is 10.2 Å². The molecule has 1 aromatic rings. The largest absolute Gasteiger partial charge is 0.448 e. The molecule has 1 aliphatic rings. The van der Waals surface area contributed by atoms with Crippen LogP contribution in [0.25, 0.3) is 0 Å². The predicted octanol–water partition coefficient (Wildman–Crippen LogP) is 2.21. The zero-order chi connectivity index (χ0) is 21.7. The summed E-state index contributed by atoms with van der Waals surface area (Å²) in [5.41, 5.74) is 5.13. The summed E-state index contributed by atoms with van der Waals surface area (Å²) in [4.78, 5) is 48.4. The maximum absolute atomic E-state index is 12.5. The first kappa shape index (κ1) is 22.1. The molecule has 0 saturated carbocycles. The van der Waals surface area contributed by atoms with Gasteiger partial charge >= 0.3 is 12.0 Å². The third-order valence-corrected chi connectivity index (χ3v) is 4.75. The maximum atomic E-state index is 12.5. The van der Waals surface area contributed by atoms with Crippen molar-refractivity contribution in [1.29, 1.82) is 0 Å². The molecule has 10 heteroatoms. The predicted molar refractivity (Wildman–Crippen MR) is 105 cm³/mol. The van der Waals surface area contributed by atoms with Gasteiger partial charge in [0.05, 0.1) is 10.5 Å². The molecule has 158 valence electrons. The number of rotatable bonds is 6. The van der Waals surface area contributed by atoms with Gasteiger partial charge in [0.2, 0.25) is 0 Å². The standard InChI is InChI=1S/C19H26N4O6/c1-11(2)16(17(24)21-19(20)26)29-18(25)13-6-7-14(15(9-13)23(27)28)22-8-4-5-12(3)10-22/h6-7,9,11-12,16H,4-5,8,10H2,1-3H3,(H3,20,21,24,26)/t12-,16-/m0/s1. The van der Waals surface area contributed by atoms with Crippen LogP contribution in [0.1, 0.15) is 44.0 Å². The number of nitro groups is 1. The molecule has 3 N–H and O–H groups in total. The average molecular weight is 406 g/mol. The summed E-state index contributed by atoms with van der Waals surface area (Å²) in [7, 11) is 0. The van der Waals surface area contributed by atoms with Crippen molar-refractivity contribution >= 4 is 29.3 Å². The van der Waals surface area contributed by atoms with Crippen molar-refractivity contribution in [3.63, 3.8) is 0 Å². The Morgan fingerprint density at radius 1 is 1.34 bits per heavy atom. The van der Waals surface area contributed by atoms with Crippen LogP contribution in [0.3, 0.4) is 0 Å². The minimum Gasteiger partial charge on any atom is -0.448 e. The molecule has 1 fully saturated rings. The van der Waals surface area contributed by atoms with Crippen molar-refractivity contribution < 1.29 is 24.0 Å². The third kappa shape index (κ3) is 5.66. The van der Waals surface area contributed by atoms with Gasteiger partial charge in [0, 0.05) is 19.2 Å². The molecule has 10 nitrogen and oxygen atoms in total. The Balaban J connectivity index is 2.26. The number of nitro benzene ring substituents is 1.